The zero-order chi connectivity index (χ0) is 12.2. The van der Waals surface area contributed by atoms with Crippen molar-refractivity contribution >= 4 is 0 Å². The van der Waals surface area contributed by atoms with Gasteiger partial charge in [0.15, 0.2) is 0 Å². The molecule has 2 N–H and O–H groups in total. The molecule has 0 aromatic heterocycles. The van der Waals surface area contributed by atoms with E-state index in [2.05, 4.69) is 31.1 Å². The molecule has 1 heterocycles. The Bertz CT molecular complexity index is 206. The molecule has 3 atom stereocenters. The number of likely N-dealkylation sites (tertiary alicyclic amines) is 1. The quantitative estimate of drug-likeness (QED) is 0.748. The fourth-order valence-corrected chi connectivity index (χ4v) is 2.64. The van der Waals surface area contributed by atoms with Gasteiger partial charge >= 0.3 is 0 Å². The summed E-state index contributed by atoms with van der Waals surface area (Å²) in [5.74, 6) is 0.728. The second-order valence-corrected chi connectivity index (χ2v) is 5.44. The van der Waals surface area contributed by atoms with Crippen molar-refractivity contribution in [3.05, 3.63) is 0 Å². The topological polar surface area (TPSA) is 35.5 Å². The lowest BCUT2D eigenvalue weighted by Gasteiger charge is -2.40. The monoisotopic (exact) mass is 228 g/mol. The van der Waals surface area contributed by atoms with Gasteiger partial charge in [-0.3, -0.25) is 0 Å². The van der Waals surface area contributed by atoms with E-state index in [9.17, 15) is 5.11 Å². The molecule has 3 unspecified atom stereocenters. The van der Waals surface area contributed by atoms with Gasteiger partial charge in [-0.15, -0.1) is 0 Å². The Morgan fingerprint density at radius 1 is 1.44 bits per heavy atom. The highest BCUT2D eigenvalue weighted by Gasteiger charge is 2.30. The maximum absolute atomic E-state index is 10.1. The van der Waals surface area contributed by atoms with E-state index in [1.807, 2.05) is 6.92 Å². The maximum atomic E-state index is 10.1. The molecule has 0 aliphatic carbocycles. The smallest absolute Gasteiger partial charge is 0.0743 e. The summed E-state index contributed by atoms with van der Waals surface area (Å²) in [6, 6.07) is 0.660. The lowest BCUT2D eigenvalue weighted by molar-refractivity contribution is -0.000556. The standard InChI is InChI=1S/C13H28N2O/c1-5-11-9-15(8-7-12(11)14-4)10-13(3,16)6-2/h11-12,14,16H,5-10H2,1-4H3. The van der Waals surface area contributed by atoms with Crippen LogP contribution < -0.4 is 5.32 Å². The Balaban J connectivity index is 2.48. The predicted molar refractivity (Wildman–Crippen MR) is 68.6 cm³/mol. The summed E-state index contributed by atoms with van der Waals surface area (Å²) in [6.45, 7) is 9.30. The van der Waals surface area contributed by atoms with Crippen molar-refractivity contribution in [2.45, 2.75) is 51.7 Å². The van der Waals surface area contributed by atoms with Gasteiger partial charge in [0.05, 0.1) is 5.60 Å². The highest BCUT2D eigenvalue weighted by molar-refractivity contribution is 4.86. The molecule has 1 aliphatic heterocycles. The summed E-state index contributed by atoms with van der Waals surface area (Å²) in [5.41, 5.74) is -0.523. The van der Waals surface area contributed by atoms with E-state index in [0.717, 1.165) is 32.0 Å². The maximum Gasteiger partial charge on any atom is 0.0743 e. The second-order valence-electron chi connectivity index (χ2n) is 5.44. The van der Waals surface area contributed by atoms with Crippen molar-refractivity contribution in [3.63, 3.8) is 0 Å². The van der Waals surface area contributed by atoms with E-state index in [4.69, 9.17) is 0 Å². The highest BCUT2D eigenvalue weighted by Crippen LogP contribution is 2.22. The molecular weight excluding hydrogens is 200 g/mol. The van der Waals surface area contributed by atoms with Crippen LogP contribution in [0.1, 0.15) is 40.0 Å². The van der Waals surface area contributed by atoms with Crippen LogP contribution in [-0.4, -0.2) is 48.3 Å². The van der Waals surface area contributed by atoms with Crippen LogP contribution >= 0.6 is 0 Å². The van der Waals surface area contributed by atoms with Gasteiger partial charge in [-0.2, -0.15) is 0 Å². The average Bonchev–Trinajstić information content (AvgIpc) is 2.28. The average molecular weight is 228 g/mol. The van der Waals surface area contributed by atoms with Gasteiger partial charge < -0.3 is 15.3 Å². The minimum absolute atomic E-state index is 0.523. The van der Waals surface area contributed by atoms with Crippen molar-refractivity contribution < 1.29 is 5.11 Å². The SMILES string of the molecule is CCC1CN(CC(C)(O)CC)CCC1NC. The van der Waals surface area contributed by atoms with Crippen molar-refractivity contribution in [2.24, 2.45) is 5.92 Å². The van der Waals surface area contributed by atoms with E-state index < -0.39 is 5.60 Å². The first-order valence-corrected chi connectivity index (χ1v) is 6.64. The second kappa shape index (κ2) is 5.99. The molecule has 0 amide bonds. The molecule has 1 saturated heterocycles. The van der Waals surface area contributed by atoms with Gasteiger partial charge in [0.25, 0.3) is 0 Å². The van der Waals surface area contributed by atoms with Crippen LogP contribution in [0.2, 0.25) is 0 Å². The lowest BCUT2D eigenvalue weighted by atomic mass is 9.89. The Morgan fingerprint density at radius 3 is 2.62 bits per heavy atom. The van der Waals surface area contributed by atoms with Crippen LogP contribution in [0.4, 0.5) is 0 Å². The molecule has 16 heavy (non-hydrogen) atoms. The third-order valence-corrected chi connectivity index (χ3v) is 4.04. The largest absolute Gasteiger partial charge is 0.389 e. The summed E-state index contributed by atoms with van der Waals surface area (Å²) < 4.78 is 0. The predicted octanol–water partition coefficient (Wildman–Crippen LogP) is 1.47. The summed E-state index contributed by atoms with van der Waals surface area (Å²) in [6.07, 6.45) is 3.25. The van der Waals surface area contributed by atoms with E-state index in [-0.39, 0.29) is 0 Å². The van der Waals surface area contributed by atoms with Crippen molar-refractivity contribution in [1.82, 2.24) is 10.2 Å². The number of aliphatic hydroxyl groups is 1. The number of β-amino-alcohol motifs (C(OH)–C–C–N with tert-alkyl or cyclic N) is 1. The zero-order valence-corrected chi connectivity index (χ0v) is 11.3. The number of nitrogens with one attached hydrogen (secondary N) is 1. The van der Waals surface area contributed by atoms with Gasteiger partial charge in [0.2, 0.25) is 0 Å². The van der Waals surface area contributed by atoms with Gasteiger partial charge in [0.1, 0.15) is 0 Å². The molecule has 3 nitrogen and oxygen atoms in total. The van der Waals surface area contributed by atoms with E-state index in [1.54, 1.807) is 0 Å². The van der Waals surface area contributed by atoms with Crippen molar-refractivity contribution in [3.8, 4) is 0 Å². The molecule has 1 rings (SSSR count). The van der Waals surface area contributed by atoms with Crippen LogP contribution in [0.15, 0.2) is 0 Å². The highest BCUT2D eigenvalue weighted by atomic mass is 16.3. The fraction of sp³-hybridized carbons (Fsp3) is 1.00. The molecule has 1 aliphatic rings. The number of nitrogens with zero attached hydrogens (tertiary/aromatic N) is 1. The molecular formula is C13H28N2O. The minimum Gasteiger partial charge on any atom is -0.389 e. The molecule has 3 heteroatoms. The Hall–Kier alpha value is -0.120. The van der Waals surface area contributed by atoms with Gasteiger partial charge in [-0.25, -0.2) is 0 Å². The van der Waals surface area contributed by atoms with E-state index >= 15 is 0 Å². The lowest BCUT2D eigenvalue weighted by Crippen LogP contribution is -2.51. The molecule has 0 radical (unpaired) electrons. The fourth-order valence-electron chi connectivity index (χ4n) is 2.64. The number of hydrogen-bond acceptors (Lipinski definition) is 3. The van der Waals surface area contributed by atoms with Crippen molar-refractivity contribution in [2.75, 3.05) is 26.7 Å². The first kappa shape index (κ1) is 13.9. The van der Waals surface area contributed by atoms with E-state index in [1.165, 1.54) is 12.8 Å². The van der Waals surface area contributed by atoms with Gasteiger partial charge in [0, 0.05) is 19.1 Å². The summed E-state index contributed by atoms with van der Waals surface area (Å²) in [5, 5.41) is 13.5. The van der Waals surface area contributed by atoms with Crippen LogP contribution in [-0.2, 0) is 0 Å². The third-order valence-electron chi connectivity index (χ3n) is 4.04. The van der Waals surface area contributed by atoms with Gasteiger partial charge in [-0.1, -0.05) is 20.3 Å². The molecule has 1 fully saturated rings. The molecule has 0 bridgehead atoms. The van der Waals surface area contributed by atoms with Crippen LogP contribution in [0, 0.1) is 5.92 Å². The molecule has 0 spiro atoms. The van der Waals surface area contributed by atoms with Gasteiger partial charge in [-0.05, 0) is 39.3 Å². The third kappa shape index (κ3) is 3.72. The van der Waals surface area contributed by atoms with Crippen LogP contribution in [0.25, 0.3) is 0 Å². The molecule has 96 valence electrons. The number of hydrogen-bond donors (Lipinski definition) is 2. The van der Waals surface area contributed by atoms with Crippen LogP contribution in [0.3, 0.4) is 0 Å². The molecule has 0 saturated carbocycles. The van der Waals surface area contributed by atoms with E-state index in [0.29, 0.717) is 6.04 Å². The summed E-state index contributed by atoms with van der Waals surface area (Å²) >= 11 is 0. The zero-order valence-electron chi connectivity index (χ0n) is 11.3. The first-order valence-electron chi connectivity index (χ1n) is 6.64. The minimum atomic E-state index is -0.523. The van der Waals surface area contributed by atoms with Crippen LogP contribution in [0.5, 0.6) is 0 Å². The first-order chi connectivity index (χ1) is 7.52. The normalized spacial score (nSPS) is 31.3. The number of piperidine rings is 1. The molecule has 0 aromatic rings. The van der Waals surface area contributed by atoms with Crippen molar-refractivity contribution in [1.29, 1.82) is 0 Å². The summed E-state index contributed by atoms with van der Waals surface area (Å²) in [7, 11) is 2.06. The molecule has 0 aromatic carbocycles. The Labute approximate surface area is 100 Å². The Morgan fingerprint density at radius 2 is 2.12 bits per heavy atom. The summed E-state index contributed by atoms with van der Waals surface area (Å²) in [4.78, 5) is 2.42. The number of rotatable bonds is 5. The Kier molecular flexibility index (Phi) is 5.22.